The van der Waals surface area contributed by atoms with E-state index >= 15 is 0 Å². The van der Waals surface area contributed by atoms with Crippen molar-refractivity contribution in [2.75, 3.05) is 13.1 Å². The number of Topliss-reactive ketones (excluding diaryl/α,β-unsaturated/α-hetero) is 1. The Hall–Kier alpha value is -2.60. The first kappa shape index (κ1) is 30.6. The Morgan fingerprint density at radius 3 is 2.51 bits per heavy atom. The molecule has 1 aliphatic heterocycles. The van der Waals surface area contributed by atoms with Crippen LogP contribution in [0.2, 0.25) is 0 Å². The SMILES string of the molecule is C=C(C)CCc1ccc(F)cc1CNCCCC(=O)CC1=NC(C(=O)NCCCCCCCCC)=CC1. The molecule has 2 rings (SSSR count). The van der Waals surface area contributed by atoms with Crippen LogP contribution < -0.4 is 10.6 Å². The molecule has 1 heterocycles. The highest BCUT2D eigenvalue weighted by atomic mass is 19.1. The van der Waals surface area contributed by atoms with Crippen LogP contribution >= 0.6 is 0 Å². The highest BCUT2D eigenvalue weighted by Gasteiger charge is 2.17. The number of carbonyl (C=O) groups excluding carboxylic acids is 2. The number of rotatable bonds is 20. The first-order valence-corrected chi connectivity index (χ1v) is 14.1. The van der Waals surface area contributed by atoms with Crippen LogP contribution in [0.15, 0.2) is 47.1 Å². The molecule has 0 atom stereocenters. The summed E-state index contributed by atoms with van der Waals surface area (Å²) in [5, 5.41) is 6.28. The smallest absolute Gasteiger partial charge is 0.269 e. The second-order valence-electron chi connectivity index (χ2n) is 10.2. The fraction of sp³-hybridized carbons (Fsp3) is 0.581. The Kier molecular flexibility index (Phi) is 14.7. The van der Waals surface area contributed by atoms with Gasteiger partial charge in [0.05, 0.1) is 0 Å². The minimum Gasteiger partial charge on any atom is -0.351 e. The van der Waals surface area contributed by atoms with Crippen molar-refractivity contribution < 1.29 is 14.0 Å². The number of aliphatic imine (C=N–C) groups is 1. The molecule has 5 nitrogen and oxygen atoms in total. The monoisotopic (exact) mass is 511 g/mol. The molecule has 0 unspecified atom stereocenters. The number of aryl methyl sites for hydroxylation is 1. The van der Waals surface area contributed by atoms with E-state index in [1.165, 1.54) is 38.2 Å². The van der Waals surface area contributed by atoms with E-state index in [0.29, 0.717) is 51.0 Å². The highest BCUT2D eigenvalue weighted by molar-refractivity contribution is 6.07. The van der Waals surface area contributed by atoms with Gasteiger partial charge in [-0.3, -0.25) is 14.6 Å². The molecule has 6 heteroatoms. The Morgan fingerprint density at radius 2 is 1.76 bits per heavy atom. The summed E-state index contributed by atoms with van der Waals surface area (Å²) in [6, 6.07) is 4.93. The fourth-order valence-corrected chi connectivity index (χ4v) is 4.41. The van der Waals surface area contributed by atoms with Gasteiger partial charge in [0.1, 0.15) is 17.3 Å². The van der Waals surface area contributed by atoms with E-state index in [-0.39, 0.29) is 17.5 Å². The van der Waals surface area contributed by atoms with Crippen molar-refractivity contribution in [3.05, 3.63) is 59.1 Å². The minimum absolute atomic E-state index is 0.131. The van der Waals surface area contributed by atoms with Crippen molar-refractivity contribution in [1.29, 1.82) is 0 Å². The lowest BCUT2D eigenvalue weighted by Gasteiger charge is -2.11. The average molecular weight is 512 g/mol. The summed E-state index contributed by atoms with van der Waals surface area (Å²) in [7, 11) is 0. The topological polar surface area (TPSA) is 70.6 Å². The first-order chi connectivity index (χ1) is 17.9. The normalized spacial score (nSPS) is 12.8. The van der Waals surface area contributed by atoms with E-state index < -0.39 is 0 Å². The summed E-state index contributed by atoms with van der Waals surface area (Å²) in [5.74, 6) is -0.243. The molecule has 37 heavy (non-hydrogen) atoms. The van der Waals surface area contributed by atoms with Crippen LogP contribution in [0.3, 0.4) is 0 Å². The Balaban J connectivity index is 1.60. The molecule has 0 aromatic heterocycles. The number of nitrogens with zero attached hydrogens (tertiary/aromatic N) is 1. The molecule has 0 spiro atoms. The number of amides is 1. The van der Waals surface area contributed by atoms with Crippen molar-refractivity contribution in [2.45, 2.75) is 104 Å². The van der Waals surface area contributed by atoms with E-state index in [1.807, 2.05) is 19.1 Å². The third-order valence-electron chi connectivity index (χ3n) is 6.62. The van der Waals surface area contributed by atoms with Crippen molar-refractivity contribution in [3.63, 3.8) is 0 Å². The molecule has 0 fully saturated rings. The molecule has 0 bridgehead atoms. The number of carbonyl (C=O) groups is 2. The summed E-state index contributed by atoms with van der Waals surface area (Å²) >= 11 is 0. The van der Waals surface area contributed by atoms with Gasteiger partial charge in [-0.15, -0.1) is 6.58 Å². The van der Waals surface area contributed by atoms with Crippen molar-refractivity contribution >= 4 is 17.4 Å². The number of ketones is 1. The van der Waals surface area contributed by atoms with Gasteiger partial charge in [-0.05, 0) is 68.5 Å². The van der Waals surface area contributed by atoms with Crippen LogP contribution in [0.4, 0.5) is 4.39 Å². The Labute approximate surface area is 223 Å². The third kappa shape index (κ3) is 13.0. The summed E-state index contributed by atoms with van der Waals surface area (Å²) in [5.41, 5.74) is 4.39. The average Bonchev–Trinajstić information content (AvgIpc) is 3.33. The predicted octanol–water partition coefficient (Wildman–Crippen LogP) is 6.76. The van der Waals surface area contributed by atoms with Gasteiger partial charge in [0.25, 0.3) is 5.91 Å². The predicted molar refractivity (Wildman–Crippen MR) is 151 cm³/mol. The molecule has 0 saturated heterocycles. The summed E-state index contributed by atoms with van der Waals surface area (Å²) in [6.07, 6.45) is 14.1. The van der Waals surface area contributed by atoms with Gasteiger partial charge < -0.3 is 10.6 Å². The van der Waals surface area contributed by atoms with Crippen LogP contribution in [-0.2, 0) is 22.6 Å². The molecule has 0 radical (unpaired) electrons. The maximum atomic E-state index is 13.7. The van der Waals surface area contributed by atoms with E-state index in [2.05, 4.69) is 29.1 Å². The third-order valence-corrected chi connectivity index (χ3v) is 6.62. The van der Waals surface area contributed by atoms with Crippen molar-refractivity contribution in [3.8, 4) is 0 Å². The quantitative estimate of drug-likeness (QED) is 0.150. The molecule has 1 aromatic rings. The van der Waals surface area contributed by atoms with Crippen LogP contribution in [0.5, 0.6) is 0 Å². The van der Waals surface area contributed by atoms with Gasteiger partial charge in [0.15, 0.2) is 0 Å². The standard InChI is InChI=1S/C31H46FN3O2/c1-4-5-6-7-8-9-10-20-34-31(37)30-18-17-28(35-30)22-29(36)12-11-19-33-23-26-21-27(32)16-15-25(26)14-13-24(2)3/h15-16,18,21,33H,2,4-14,17,19-20,22-23H2,1,3H3,(H,34,37). The largest absolute Gasteiger partial charge is 0.351 e. The lowest BCUT2D eigenvalue weighted by Crippen LogP contribution is -2.25. The fourth-order valence-electron chi connectivity index (χ4n) is 4.41. The summed E-state index contributed by atoms with van der Waals surface area (Å²) < 4.78 is 13.7. The number of hydrogen-bond donors (Lipinski definition) is 2. The number of benzene rings is 1. The zero-order chi connectivity index (χ0) is 26.9. The van der Waals surface area contributed by atoms with Crippen LogP contribution in [0.1, 0.15) is 102 Å². The van der Waals surface area contributed by atoms with E-state index in [9.17, 15) is 14.0 Å². The molecule has 1 aromatic carbocycles. The summed E-state index contributed by atoms with van der Waals surface area (Å²) in [6.45, 7) is 10.1. The van der Waals surface area contributed by atoms with Crippen LogP contribution in [-0.4, -0.2) is 30.5 Å². The van der Waals surface area contributed by atoms with Crippen LogP contribution in [0, 0.1) is 5.82 Å². The van der Waals surface area contributed by atoms with Gasteiger partial charge in [-0.25, -0.2) is 4.39 Å². The van der Waals surface area contributed by atoms with E-state index in [0.717, 1.165) is 48.1 Å². The molecule has 204 valence electrons. The van der Waals surface area contributed by atoms with Gasteiger partial charge in [0, 0.05) is 38.1 Å². The van der Waals surface area contributed by atoms with E-state index in [4.69, 9.17) is 0 Å². The molecule has 2 N–H and O–H groups in total. The number of allylic oxidation sites excluding steroid dienone is 2. The zero-order valence-electron chi connectivity index (χ0n) is 23.0. The minimum atomic E-state index is -0.233. The molecular formula is C31H46FN3O2. The maximum absolute atomic E-state index is 13.7. The highest BCUT2D eigenvalue weighted by Crippen LogP contribution is 2.16. The molecule has 0 saturated carbocycles. The number of nitrogens with one attached hydrogen (secondary N) is 2. The van der Waals surface area contributed by atoms with Gasteiger partial charge in [0.2, 0.25) is 0 Å². The zero-order valence-corrected chi connectivity index (χ0v) is 23.0. The molecule has 0 aliphatic carbocycles. The van der Waals surface area contributed by atoms with Gasteiger partial charge in [-0.1, -0.05) is 57.1 Å². The van der Waals surface area contributed by atoms with Crippen molar-refractivity contribution in [2.24, 2.45) is 4.99 Å². The molecule has 1 amide bonds. The second kappa shape index (κ2) is 17.8. The van der Waals surface area contributed by atoms with Gasteiger partial charge in [-0.2, -0.15) is 0 Å². The van der Waals surface area contributed by atoms with Crippen molar-refractivity contribution in [1.82, 2.24) is 10.6 Å². The lowest BCUT2D eigenvalue weighted by molar-refractivity contribution is -0.118. The number of unbranched alkanes of at least 4 members (excludes halogenated alkanes) is 6. The van der Waals surface area contributed by atoms with Gasteiger partial charge >= 0.3 is 0 Å². The molecular weight excluding hydrogens is 465 g/mol. The lowest BCUT2D eigenvalue weighted by atomic mass is 10.0. The first-order valence-electron chi connectivity index (χ1n) is 14.1. The number of hydrogen-bond acceptors (Lipinski definition) is 4. The van der Waals surface area contributed by atoms with E-state index in [1.54, 1.807) is 6.07 Å². The Bertz CT molecular complexity index is 952. The summed E-state index contributed by atoms with van der Waals surface area (Å²) in [4.78, 5) is 29.1. The maximum Gasteiger partial charge on any atom is 0.269 e. The Morgan fingerprint density at radius 1 is 1.00 bits per heavy atom. The van der Waals surface area contributed by atoms with Crippen LogP contribution in [0.25, 0.3) is 0 Å². The second-order valence-corrected chi connectivity index (χ2v) is 10.2. The number of halogens is 1. The molecule has 1 aliphatic rings.